The summed E-state index contributed by atoms with van der Waals surface area (Å²) in [5.74, 6) is 2.63. The van der Waals surface area contributed by atoms with Crippen molar-refractivity contribution in [2.24, 2.45) is 0 Å². The van der Waals surface area contributed by atoms with Crippen molar-refractivity contribution in [3.63, 3.8) is 0 Å². The maximum absolute atomic E-state index is 2.20. The summed E-state index contributed by atoms with van der Waals surface area (Å²) in [6, 6.07) is 0. The molecule has 0 saturated carbocycles. The molecule has 0 N–H and O–H groups in total. The van der Waals surface area contributed by atoms with Gasteiger partial charge in [-0.3, -0.25) is 0 Å². The van der Waals surface area contributed by atoms with E-state index in [1.165, 1.54) is 24.3 Å². The Morgan fingerprint density at radius 3 is 1.88 bits per heavy atom. The van der Waals surface area contributed by atoms with Crippen molar-refractivity contribution < 1.29 is 0 Å². The zero-order valence-corrected chi connectivity index (χ0v) is 6.43. The fraction of sp³-hybridized carbons (Fsp3) is 0.667. The van der Waals surface area contributed by atoms with Gasteiger partial charge in [0.2, 0.25) is 0 Å². The summed E-state index contributed by atoms with van der Waals surface area (Å²) in [5, 5.41) is 4.40. The van der Waals surface area contributed by atoms with E-state index in [9.17, 15) is 0 Å². The number of rotatable bonds is 0. The molecule has 0 saturated heterocycles. The van der Waals surface area contributed by atoms with E-state index in [0.717, 1.165) is 0 Å². The third-order valence-electron chi connectivity index (χ3n) is 1.02. The predicted octanol–water partition coefficient (Wildman–Crippen LogP) is 2.72. The van der Waals surface area contributed by atoms with Gasteiger partial charge >= 0.3 is 0 Å². The van der Waals surface area contributed by atoms with Gasteiger partial charge in [-0.2, -0.15) is 0 Å². The largest absolute Gasteiger partial charge is 0.134 e. The maximum atomic E-state index is 2.20. The predicted molar refractivity (Wildman–Crippen MR) is 43.3 cm³/mol. The second-order valence-corrected chi connectivity index (χ2v) is 3.75. The molecule has 0 spiro atoms. The van der Waals surface area contributed by atoms with Crippen molar-refractivity contribution in [2.45, 2.75) is 12.8 Å². The molecule has 1 aliphatic rings. The van der Waals surface area contributed by atoms with Crippen molar-refractivity contribution in [1.82, 2.24) is 0 Å². The van der Waals surface area contributed by atoms with Gasteiger partial charge in [0, 0.05) is 0 Å². The van der Waals surface area contributed by atoms with E-state index >= 15 is 0 Å². The first-order chi connectivity index (χ1) is 4.00. The highest BCUT2D eigenvalue weighted by Crippen LogP contribution is 2.16. The molecule has 8 heavy (non-hydrogen) atoms. The van der Waals surface area contributed by atoms with Crippen molar-refractivity contribution in [3.8, 4) is 0 Å². The van der Waals surface area contributed by atoms with Crippen LogP contribution in [-0.2, 0) is 0 Å². The topological polar surface area (TPSA) is 0 Å². The van der Waals surface area contributed by atoms with Gasteiger partial charge in [0.05, 0.1) is 0 Å². The van der Waals surface area contributed by atoms with Crippen LogP contribution in [0.15, 0.2) is 10.8 Å². The molecule has 0 fully saturated rings. The van der Waals surface area contributed by atoms with Crippen molar-refractivity contribution in [1.29, 1.82) is 0 Å². The van der Waals surface area contributed by atoms with Crippen LogP contribution in [0, 0.1) is 0 Å². The number of hydrogen-bond donors (Lipinski definition) is 0. The van der Waals surface area contributed by atoms with Crippen LogP contribution >= 0.6 is 23.5 Å². The van der Waals surface area contributed by atoms with Gasteiger partial charge in [0.15, 0.2) is 0 Å². The van der Waals surface area contributed by atoms with Gasteiger partial charge in [0.25, 0.3) is 0 Å². The van der Waals surface area contributed by atoms with Crippen LogP contribution in [0.25, 0.3) is 0 Å². The Morgan fingerprint density at radius 2 is 1.38 bits per heavy atom. The highest BCUT2D eigenvalue weighted by atomic mass is 32.2. The second kappa shape index (κ2) is 4.33. The molecule has 0 nitrogen and oxygen atoms in total. The zero-order chi connectivity index (χ0) is 5.66. The lowest BCUT2D eigenvalue weighted by molar-refractivity contribution is 0.909. The van der Waals surface area contributed by atoms with Crippen molar-refractivity contribution in [2.75, 3.05) is 11.5 Å². The molecule has 0 aromatic carbocycles. The zero-order valence-electron chi connectivity index (χ0n) is 4.80. The molecule has 0 aliphatic carbocycles. The smallest absolute Gasteiger partial charge is 0.00255 e. The fourth-order valence-corrected chi connectivity index (χ4v) is 2.23. The number of thioether (sulfide) groups is 2. The summed E-state index contributed by atoms with van der Waals surface area (Å²) in [6.45, 7) is 0. The van der Waals surface area contributed by atoms with E-state index in [4.69, 9.17) is 0 Å². The minimum atomic E-state index is 1.32. The van der Waals surface area contributed by atoms with E-state index < -0.39 is 0 Å². The second-order valence-electron chi connectivity index (χ2n) is 1.72. The lowest BCUT2D eigenvalue weighted by Crippen LogP contribution is -1.83. The Morgan fingerprint density at radius 1 is 0.875 bits per heavy atom. The summed E-state index contributed by atoms with van der Waals surface area (Å²) in [5.41, 5.74) is 0. The highest BCUT2D eigenvalue weighted by Gasteiger charge is 1.90. The van der Waals surface area contributed by atoms with Crippen LogP contribution in [0.5, 0.6) is 0 Å². The average molecular weight is 146 g/mol. The third kappa shape index (κ3) is 2.68. The Hall–Kier alpha value is 0.440. The minimum Gasteiger partial charge on any atom is -0.134 e. The monoisotopic (exact) mass is 146 g/mol. The van der Waals surface area contributed by atoms with Gasteiger partial charge in [-0.25, -0.2) is 0 Å². The molecule has 1 aliphatic heterocycles. The third-order valence-corrected chi connectivity index (χ3v) is 2.90. The van der Waals surface area contributed by atoms with E-state index in [2.05, 4.69) is 10.8 Å². The van der Waals surface area contributed by atoms with Gasteiger partial charge in [0.1, 0.15) is 0 Å². The molecular weight excluding hydrogens is 136 g/mol. The summed E-state index contributed by atoms with van der Waals surface area (Å²) in [7, 11) is 0. The van der Waals surface area contributed by atoms with E-state index in [1.807, 2.05) is 23.5 Å². The normalized spacial score (nSPS) is 22.0. The Bertz CT molecular complexity index is 68.6. The lowest BCUT2D eigenvalue weighted by Gasteiger charge is -1.99. The van der Waals surface area contributed by atoms with E-state index in [-0.39, 0.29) is 0 Å². The molecule has 1 rings (SSSR count). The van der Waals surface area contributed by atoms with Gasteiger partial charge in [-0.15, -0.1) is 23.5 Å². The fourth-order valence-electron chi connectivity index (χ4n) is 0.585. The van der Waals surface area contributed by atoms with Crippen molar-refractivity contribution in [3.05, 3.63) is 10.8 Å². The Balaban J connectivity index is 2.17. The summed E-state index contributed by atoms with van der Waals surface area (Å²) < 4.78 is 0. The first-order valence-electron chi connectivity index (χ1n) is 2.88. The Kier molecular flexibility index (Phi) is 3.55. The molecule has 0 aromatic rings. The summed E-state index contributed by atoms with van der Waals surface area (Å²) in [4.78, 5) is 0. The van der Waals surface area contributed by atoms with Crippen LogP contribution in [-0.4, -0.2) is 11.5 Å². The molecule has 0 unspecified atom stereocenters. The first kappa shape index (κ1) is 6.56. The molecule has 0 atom stereocenters. The SMILES string of the molecule is C1=CSCCCCS1. The molecule has 0 bridgehead atoms. The van der Waals surface area contributed by atoms with Crippen LogP contribution < -0.4 is 0 Å². The standard InChI is InChI=1S/C6H10S2/c1-2-4-8-6-5-7-3-1/h5-6H,1-4H2. The molecule has 46 valence electrons. The maximum Gasteiger partial charge on any atom is -0.00255 e. The molecule has 2 heteroatoms. The van der Waals surface area contributed by atoms with Crippen LogP contribution in [0.3, 0.4) is 0 Å². The van der Waals surface area contributed by atoms with Gasteiger partial charge in [-0.1, -0.05) is 0 Å². The van der Waals surface area contributed by atoms with E-state index in [1.54, 1.807) is 0 Å². The summed E-state index contributed by atoms with van der Waals surface area (Å²) in [6.07, 6.45) is 2.78. The summed E-state index contributed by atoms with van der Waals surface area (Å²) >= 11 is 3.86. The quantitative estimate of drug-likeness (QED) is 0.515. The highest BCUT2D eigenvalue weighted by molar-refractivity contribution is 8.05. The Labute approximate surface area is 59.1 Å². The van der Waals surface area contributed by atoms with Crippen molar-refractivity contribution >= 4 is 23.5 Å². The number of hydrogen-bond acceptors (Lipinski definition) is 2. The van der Waals surface area contributed by atoms with Gasteiger partial charge in [-0.05, 0) is 35.2 Å². The van der Waals surface area contributed by atoms with Crippen LogP contribution in [0.4, 0.5) is 0 Å². The van der Waals surface area contributed by atoms with Gasteiger partial charge < -0.3 is 0 Å². The van der Waals surface area contributed by atoms with Crippen LogP contribution in [0.1, 0.15) is 12.8 Å². The minimum absolute atomic E-state index is 1.32. The van der Waals surface area contributed by atoms with E-state index in [0.29, 0.717) is 0 Å². The molecule has 1 heterocycles. The molecular formula is C6H10S2. The molecule has 0 aromatic heterocycles. The lowest BCUT2D eigenvalue weighted by atomic mass is 10.4. The molecule has 0 amide bonds. The molecule has 0 radical (unpaired) electrons. The first-order valence-corrected chi connectivity index (χ1v) is 4.98. The average Bonchev–Trinajstić information content (AvgIpc) is 1.62. The van der Waals surface area contributed by atoms with Crippen LogP contribution in [0.2, 0.25) is 0 Å².